The molecule has 0 heterocycles. The van der Waals surface area contributed by atoms with E-state index >= 15 is 0 Å². The summed E-state index contributed by atoms with van der Waals surface area (Å²) in [6, 6.07) is 3.46. The van der Waals surface area contributed by atoms with E-state index in [1.54, 1.807) is 7.05 Å². The van der Waals surface area contributed by atoms with Crippen LogP contribution < -0.4 is 5.73 Å². The van der Waals surface area contributed by atoms with Gasteiger partial charge in [-0.1, -0.05) is 11.8 Å². The van der Waals surface area contributed by atoms with E-state index in [1.165, 1.54) is 10.4 Å². The van der Waals surface area contributed by atoms with Gasteiger partial charge in [0.2, 0.25) is 10.0 Å². The fraction of sp³-hybridized carbons (Fsp3) is 0.467. The molecule has 1 aromatic rings. The summed E-state index contributed by atoms with van der Waals surface area (Å²) in [7, 11) is -2.14. The number of hydrogen-bond acceptors (Lipinski definition) is 3. The van der Waals surface area contributed by atoms with Crippen molar-refractivity contribution in [3.8, 4) is 11.8 Å². The summed E-state index contributed by atoms with van der Waals surface area (Å²) in [4.78, 5) is 0.0276. The molecule has 4 nitrogen and oxygen atoms in total. The summed E-state index contributed by atoms with van der Waals surface area (Å²) in [5.41, 5.74) is 5.45. The van der Waals surface area contributed by atoms with Crippen LogP contribution in [-0.2, 0) is 10.0 Å². The number of rotatable bonds is 4. The van der Waals surface area contributed by atoms with Gasteiger partial charge in [0.05, 0.1) is 11.4 Å². The van der Waals surface area contributed by atoms with Gasteiger partial charge >= 0.3 is 0 Å². The van der Waals surface area contributed by atoms with Crippen molar-refractivity contribution in [3.05, 3.63) is 29.6 Å². The average molecular weight is 310 g/mol. The number of halogens is 1. The molecule has 6 heteroatoms. The van der Waals surface area contributed by atoms with Crippen LogP contribution in [0.15, 0.2) is 23.1 Å². The quantitative estimate of drug-likeness (QED) is 0.858. The van der Waals surface area contributed by atoms with Gasteiger partial charge in [-0.15, -0.1) is 0 Å². The van der Waals surface area contributed by atoms with Crippen LogP contribution in [0.1, 0.15) is 25.3 Å². The maximum atomic E-state index is 13.4. The second-order valence-corrected chi connectivity index (χ2v) is 7.21. The summed E-state index contributed by atoms with van der Waals surface area (Å²) in [5, 5.41) is 0. The molecule has 0 spiro atoms. The van der Waals surface area contributed by atoms with Gasteiger partial charge in [-0.2, -0.15) is 4.31 Å². The molecule has 1 aliphatic carbocycles. The minimum atomic E-state index is -3.70. The lowest BCUT2D eigenvalue weighted by Crippen LogP contribution is -2.36. The Bertz CT molecular complexity index is 687. The van der Waals surface area contributed by atoms with Crippen LogP contribution in [0, 0.1) is 23.6 Å². The van der Waals surface area contributed by atoms with Gasteiger partial charge in [0.1, 0.15) is 5.82 Å². The average Bonchev–Trinajstić information content (AvgIpc) is 3.27. The Hall–Kier alpha value is -1.42. The SMILES string of the molecule is CC(C1CC1)N(C)S(=O)(=O)c1ccc(F)cc1C#CCN. The Labute approximate surface area is 125 Å². The summed E-state index contributed by atoms with van der Waals surface area (Å²) < 4.78 is 40.1. The van der Waals surface area contributed by atoms with E-state index in [9.17, 15) is 12.8 Å². The van der Waals surface area contributed by atoms with Crippen LogP contribution in [0.25, 0.3) is 0 Å². The van der Waals surface area contributed by atoms with Gasteiger partial charge in [-0.05, 0) is 43.9 Å². The highest BCUT2D eigenvalue weighted by atomic mass is 32.2. The third-order valence-corrected chi connectivity index (χ3v) is 5.80. The fourth-order valence-electron chi connectivity index (χ4n) is 2.22. The van der Waals surface area contributed by atoms with Crippen molar-refractivity contribution in [2.75, 3.05) is 13.6 Å². The standard InChI is InChI=1S/C15H19FN2O2S/c1-11(12-5-6-12)18(2)21(19,20)15-8-7-14(16)10-13(15)4-3-9-17/h7-8,10-12H,5-6,9,17H2,1-2H3. The molecule has 1 atom stereocenters. The summed E-state index contributed by atoms with van der Waals surface area (Å²) >= 11 is 0. The van der Waals surface area contributed by atoms with E-state index in [1.807, 2.05) is 6.92 Å². The Balaban J connectivity index is 2.43. The van der Waals surface area contributed by atoms with Gasteiger partial charge in [-0.3, -0.25) is 0 Å². The molecule has 2 N–H and O–H groups in total. The first kappa shape index (κ1) is 16.0. The molecule has 114 valence electrons. The number of hydrogen-bond donors (Lipinski definition) is 1. The van der Waals surface area contributed by atoms with Crippen molar-refractivity contribution in [3.63, 3.8) is 0 Å². The first-order valence-electron chi connectivity index (χ1n) is 6.84. The highest BCUT2D eigenvalue weighted by Crippen LogP contribution is 2.36. The zero-order valence-electron chi connectivity index (χ0n) is 12.1. The molecule has 1 saturated carbocycles. The third kappa shape index (κ3) is 3.43. The minimum absolute atomic E-state index is 0.0276. The number of sulfonamides is 1. The smallest absolute Gasteiger partial charge is 0.244 e. The number of benzene rings is 1. The Kier molecular flexibility index (Phi) is 4.67. The van der Waals surface area contributed by atoms with E-state index in [0.29, 0.717) is 5.92 Å². The molecule has 2 rings (SSSR count). The van der Waals surface area contributed by atoms with Crippen LogP contribution in [0.3, 0.4) is 0 Å². The van der Waals surface area contributed by atoms with Gasteiger partial charge in [0.25, 0.3) is 0 Å². The predicted octanol–water partition coefficient (Wildman–Crippen LogP) is 1.55. The summed E-state index contributed by atoms with van der Waals surface area (Å²) in [5.74, 6) is 5.10. The van der Waals surface area contributed by atoms with Gasteiger partial charge in [0, 0.05) is 18.7 Å². The molecule has 0 bridgehead atoms. The van der Waals surface area contributed by atoms with Crippen LogP contribution in [0.5, 0.6) is 0 Å². The van der Waals surface area contributed by atoms with Crippen molar-refractivity contribution in [2.45, 2.75) is 30.7 Å². The lowest BCUT2D eigenvalue weighted by molar-refractivity contribution is 0.357. The zero-order valence-corrected chi connectivity index (χ0v) is 13.0. The molecular weight excluding hydrogens is 291 g/mol. The monoisotopic (exact) mass is 310 g/mol. The number of nitrogens with two attached hydrogens (primary N) is 1. The summed E-state index contributed by atoms with van der Waals surface area (Å²) in [6.45, 7) is 1.98. The third-order valence-electron chi connectivity index (χ3n) is 3.80. The minimum Gasteiger partial charge on any atom is -0.320 e. The van der Waals surface area contributed by atoms with Crippen molar-refractivity contribution >= 4 is 10.0 Å². The lowest BCUT2D eigenvalue weighted by atomic mass is 10.2. The van der Waals surface area contributed by atoms with Crippen molar-refractivity contribution < 1.29 is 12.8 Å². The van der Waals surface area contributed by atoms with Gasteiger partial charge in [-0.25, -0.2) is 12.8 Å². The van der Waals surface area contributed by atoms with Crippen LogP contribution in [-0.4, -0.2) is 32.4 Å². The second-order valence-electron chi connectivity index (χ2n) is 5.25. The molecule has 0 saturated heterocycles. The molecule has 1 aliphatic rings. The normalized spacial score (nSPS) is 16.4. The van der Waals surface area contributed by atoms with E-state index in [0.717, 1.165) is 25.0 Å². The van der Waals surface area contributed by atoms with Gasteiger partial charge < -0.3 is 5.73 Å². The summed E-state index contributed by atoms with van der Waals surface area (Å²) in [6.07, 6.45) is 2.09. The highest BCUT2D eigenvalue weighted by molar-refractivity contribution is 7.89. The zero-order chi connectivity index (χ0) is 15.6. The first-order valence-corrected chi connectivity index (χ1v) is 8.28. The van der Waals surface area contributed by atoms with Crippen LogP contribution in [0.2, 0.25) is 0 Å². The Morgan fingerprint density at radius 1 is 1.48 bits per heavy atom. The van der Waals surface area contributed by atoms with E-state index < -0.39 is 15.8 Å². The van der Waals surface area contributed by atoms with E-state index in [4.69, 9.17) is 5.73 Å². The van der Waals surface area contributed by atoms with Crippen molar-refractivity contribution in [1.29, 1.82) is 0 Å². The predicted molar refractivity (Wildman–Crippen MR) is 79.5 cm³/mol. The highest BCUT2D eigenvalue weighted by Gasteiger charge is 2.36. The maximum Gasteiger partial charge on any atom is 0.244 e. The molecule has 1 fully saturated rings. The molecular formula is C15H19FN2O2S. The van der Waals surface area contributed by atoms with Crippen LogP contribution in [0.4, 0.5) is 4.39 Å². The lowest BCUT2D eigenvalue weighted by Gasteiger charge is -2.24. The second kappa shape index (κ2) is 6.14. The molecule has 21 heavy (non-hydrogen) atoms. The molecule has 1 aromatic carbocycles. The molecule has 0 amide bonds. The molecule has 0 aromatic heterocycles. The van der Waals surface area contributed by atoms with Crippen molar-refractivity contribution in [1.82, 2.24) is 4.31 Å². The Morgan fingerprint density at radius 3 is 2.71 bits per heavy atom. The van der Waals surface area contributed by atoms with E-state index in [-0.39, 0.29) is 23.0 Å². The molecule has 0 aliphatic heterocycles. The van der Waals surface area contributed by atoms with Crippen LogP contribution >= 0.6 is 0 Å². The molecule has 0 radical (unpaired) electrons. The largest absolute Gasteiger partial charge is 0.320 e. The topological polar surface area (TPSA) is 63.4 Å². The fourth-order valence-corrected chi connectivity index (χ4v) is 3.77. The van der Waals surface area contributed by atoms with E-state index in [2.05, 4.69) is 11.8 Å². The first-order chi connectivity index (χ1) is 9.87. The maximum absolute atomic E-state index is 13.4. The number of nitrogens with zero attached hydrogens (tertiary/aromatic N) is 1. The van der Waals surface area contributed by atoms with Crippen molar-refractivity contribution in [2.24, 2.45) is 11.7 Å². The Morgan fingerprint density at radius 2 is 2.14 bits per heavy atom. The molecule has 1 unspecified atom stereocenters. The van der Waals surface area contributed by atoms with Gasteiger partial charge in [0.15, 0.2) is 0 Å².